The van der Waals surface area contributed by atoms with Gasteiger partial charge >= 0.3 is 0 Å². The minimum Gasteiger partial charge on any atom is -0.341 e. The van der Waals surface area contributed by atoms with E-state index in [0.717, 1.165) is 18.6 Å². The van der Waals surface area contributed by atoms with Crippen LogP contribution in [0.1, 0.15) is 33.6 Å². The fraction of sp³-hybridized carbons (Fsp3) is 0.917. The molecule has 0 rings (SSSR count). The van der Waals surface area contributed by atoms with Crippen LogP contribution in [0.3, 0.4) is 0 Å². The lowest BCUT2D eigenvalue weighted by atomic mass is 10.0. The number of likely N-dealkylation sites (N-methyl/N-ethyl adjacent to an activating group) is 1. The summed E-state index contributed by atoms with van der Waals surface area (Å²) in [6.07, 6.45) is 3.81. The van der Waals surface area contributed by atoms with Crippen molar-refractivity contribution in [3.63, 3.8) is 0 Å². The van der Waals surface area contributed by atoms with Crippen molar-refractivity contribution in [1.29, 1.82) is 0 Å². The average Bonchev–Trinajstić information content (AvgIpc) is 2.22. The SMILES string of the molecule is CCC(CSC)N(C)C(=O)C(N)CC(C)C. The van der Waals surface area contributed by atoms with Gasteiger partial charge in [0, 0.05) is 18.8 Å². The summed E-state index contributed by atoms with van der Waals surface area (Å²) < 4.78 is 0. The summed E-state index contributed by atoms with van der Waals surface area (Å²) in [6, 6.07) is -0.0402. The van der Waals surface area contributed by atoms with Crippen molar-refractivity contribution in [3.05, 3.63) is 0 Å². The molecule has 96 valence electrons. The van der Waals surface area contributed by atoms with E-state index in [-0.39, 0.29) is 11.9 Å². The highest BCUT2D eigenvalue weighted by atomic mass is 32.2. The molecule has 1 amide bonds. The zero-order valence-electron chi connectivity index (χ0n) is 11.2. The second-order valence-electron chi connectivity index (χ2n) is 4.70. The molecule has 0 aromatic rings. The summed E-state index contributed by atoms with van der Waals surface area (Å²) in [5.41, 5.74) is 5.91. The van der Waals surface area contributed by atoms with E-state index in [1.165, 1.54) is 0 Å². The van der Waals surface area contributed by atoms with Crippen LogP contribution in [0.4, 0.5) is 0 Å². The molecule has 0 aliphatic heterocycles. The molecule has 0 aromatic heterocycles. The minimum absolute atomic E-state index is 0.0783. The van der Waals surface area contributed by atoms with E-state index in [1.807, 2.05) is 11.9 Å². The Balaban J connectivity index is 4.33. The maximum atomic E-state index is 12.0. The maximum absolute atomic E-state index is 12.0. The zero-order chi connectivity index (χ0) is 12.7. The smallest absolute Gasteiger partial charge is 0.239 e. The Bertz CT molecular complexity index is 209. The van der Waals surface area contributed by atoms with Gasteiger partial charge in [0.05, 0.1) is 6.04 Å². The number of rotatable bonds is 7. The lowest BCUT2D eigenvalue weighted by Gasteiger charge is -2.29. The van der Waals surface area contributed by atoms with Crippen LogP contribution in [0.2, 0.25) is 0 Å². The summed E-state index contributed by atoms with van der Waals surface area (Å²) in [4.78, 5) is 13.9. The van der Waals surface area contributed by atoms with Crippen LogP contribution in [0.15, 0.2) is 0 Å². The Morgan fingerprint density at radius 1 is 1.44 bits per heavy atom. The third-order valence-electron chi connectivity index (χ3n) is 2.77. The van der Waals surface area contributed by atoms with E-state index in [1.54, 1.807) is 11.8 Å². The predicted molar refractivity (Wildman–Crippen MR) is 72.7 cm³/mol. The molecular weight excluding hydrogens is 220 g/mol. The van der Waals surface area contributed by atoms with Gasteiger partial charge in [0.1, 0.15) is 0 Å². The van der Waals surface area contributed by atoms with Crippen LogP contribution in [-0.2, 0) is 4.79 Å². The van der Waals surface area contributed by atoms with E-state index in [0.29, 0.717) is 12.0 Å². The van der Waals surface area contributed by atoms with Crippen LogP contribution in [0.25, 0.3) is 0 Å². The number of amides is 1. The first-order valence-electron chi connectivity index (χ1n) is 5.95. The van der Waals surface area contributed by atoms with Gasteiger partial charge in [0.15, 0.2) is 0 Å². The molecule has 0 aliphatic carbocycles. The number of carbonyl (C=O) groups is 1. The largest absolute Gasteiger partial charge is 0.341 e. The molecule has 0 radical (unpaired) electrons. The highest BCUT2D eigenvalue weighted by molar-refractivity contribution is 7.98. The highest BCUT2D eigenvalue weighted by Gasteiger charge is 2.23. The number of hydrogen-bond donors (Lipinski definition) is 1. The van der Waals surface area contributed by atoms with Gasteiger partial charge in [-0.3, -0.25) is 4.79 Å². The fourth-order valence-electron chi connectivity index (χ4n) is 1.75. The Labute approximate surface area is 104 Å². The van der Waals surface area contributed by atoms with E-state index in [4.69, 9.17) is 5.73 Å². The lowest BCUT2D eigenvalue weighted by Crippen LogP contribution is -2.47. The van der Waals surface area contributed by atoms with E-state index in [9.17, 15) is 4.79 Å². The van der Waals surface area contributed by atoms with E-state index >= 15 is 0 Å². The molecule has 2 unspecified atom stereocenters. The van der Waals surface area contributed by atoms with Gasteiger partial charge in [-0.05, 0) is 25.0 Å². The van der Waals surface area contributed by atoms with Crippen molar-refractivity contribution >= 4 is 17.7 Å². The summed E-state index contributed by atoms with van der Waals surface area (Å²) in [7, 11) is 1.87. The number of nitrogens with two attached hydrogens (primary N) is 1. The first-order chi connectivity index (χ1) is 7.43. The summed E-state index contributed by atoms with van der Waals surface area (Å²) in [5.74, 6) is 1.52. The summed E-state index contributed by atoms with van der Waals surface area (Å²) in [5, 5.41) is 0. The van der Waals surface area contributed by atoms with Crippen LogP contribution < -0.4 is 5.73 Å². The molecule has 0 saturated heterocycles. The molecule has 16 heavy (non-hydrogen) atoms. The van der Waals surface area contributed by atoms with Gasteiger partial charge in [0.25, 0.3) is 0 Å². The minimum atomic E-state index is -0.346. The molecule has 0 spiro atoms. The molecule has 0 saturated carbocycles. The van der Waals surface area contributed by atoms with Crippen molar-refractivity contribution in [2.45, 2.75) is 45.7 Å². The number of hydrogen-bond acceptors (Lipinski definition) is 3. The monoisotopic (exact) mass is 246 g/mol. The van der Waals surface area contributed by atoms with Crippen molar-refractivity contribution in [3.8, 4) is 0 Å². The average molecular weight is 246 g/mol. The molecule has 2 N–H and O–H groups in total. The molecule has 0 fully saturated rings. The van der Waals surface area contributed by atoms with Gasteiger partial charge in [0.2, 0.25) is 5.91 Å². The Hall–Kier alpha value is -0.220. The molecule has 4 heteroatoms. The topological polar surface area (TPSA) is 46.3 Å². The Morgan fingerprint density at radius 3 is 2.38 bits per heavy atom. The van der Waals surface area contributed by atoms with Crippen molar-refractivity contribution in [2.24, 2.45) is 11.7 Å². The van der Waals surface area contributed by atoms with Gasteiger partial charge < -0.3 is 10.6 Å². The Kier molecular flexibility index (Phi) is 7.85. The van der Waals surface area contributed by atoms with Crippen LogP contribution in [0, 0.1) is 5.92 Å². The number of carbonyl (C=O) groups excluding carboxylic acids is 1. The normalized spacial score (nSPS) is 14.9. The standard InChI is InChI=1S/C12H26N2OS/c1-6-10(8-16-5)14(4)12(15)11(13)7-9(2)3/h9-11H,6-8,13H2,1-5H3. The molecule has 3 nitrogen and oxygen atoms in total. The third-order valence-corrected chi connectivity index (χ3v) is 3.49. The lowest BCUT2D eigenvalue weighted by molar-refractivity contribution is -0.133. The first-order valence-corrected chi connectivity index (χ1v) is 7.34. The van der Waals surface area contributed by atoms with Crippen molar-refractivity contribution < 1.29 is 4.79 Å². The molecule has 0 bridgehead atoms. The second-order valence-corrected chi connectivity index (χ2v) is 5.61. The summed E-state index contributed by atoms with van der Waals surface area (Å²) in [6.45, 7) is 6.29. The van der Waals surface area contributed by atoms with Crippen LogP contribution in [-0.4, -0.2) is 41.9 Å². The number of thioether (sulfide) groups is 1. The van der Waals surface area contributed by atoms with E-state index < -0.39 is 0 Å². The van der Waals surface area contributed by atoms with Crippen LogP contribution >= 0.6 is 11.8 Å². The van der Waals surface area contributed by atoms with Gasteiger partial charge in [-0.1, -0.05) is 20.8 Å². The summed E-state index contributed by atoms with van der Waals surface area (Å²) >= 11 is 1.77. The highest BCUT2D eigenvalue weighted by Crippen LogP contribution is 2.12. The quantitative estimate of drug-likeness (QED) is 0.747. The molecule has 0 heterocycles. The van der Waals surface area contributed by atoms with Crippen molar-refractivity contribution in [2.75, 3.05) is 19.1 Å². The van der Waals surface area contributed by atoms with Crippen LogP contribution in [0.5, 0.6) is 0 Å². The van der Waals surface area contributed by atoms with Gasteiger partial charge in [-0.2, -0.15) is 11.8 Å². The predicted octanol–water partition coefficient (Wildman–Crippen LogP) is 1.96. The molecule has 0 aliphatic rings. The second kappa shape index (κ2) is 7.96. The zero-order valence-corrected chi connectivity index (χ0v) is 12.0. The third kappa shape index (κ3) is 5.21. The van der Waals surface area contributed by atoms with Gasteiger partial charge in [-0.25, -0.2) is 0 Å². The van der Waals surface area contributed by atoms with Gasteiger partial charge in [-0.15, -0.1) is 0 Å². The fourth-order valence-corrected chi connectivity index (χ4v) is 2.59. The van der Waals surface area contributed by atoms with E-state index in [2.05, 4.69) is 27.0 Å². The Morgan fingerprint density at radius 2 is 2.00 bits per heavy atom. The number of nitrogens with zero attached hydrogens (tertiary/aromatic N) is 1. The van der Waals surface area contributed by atoms with Crippen molar-refractivity contribution in [1.82, 2.24) is 4.90 Å². The molecule has 2 atom stereocenters. The molecular formula is C12H26N2OS. The first kappa shape index (κ1) is 15.8. The molecule has 0 aromatic carbocycles. The maximum Gasteiger partial charge on any atom is 0.239 e.